The summed E-state index contributed by atoms with van der Waals surface area (Å²) in [6, 6.07) is 7.05. The van der Waals surface area contributed by atoms with E-state index in [4.69, 9.17) is 10.2 Å². The van der Waals surface area contributed by atoms with Gasteiger partial charge in [0.1, 0.15) is 5.25 Å². The van der Waals surface area contributed by atoms with E-state index in [1.807, 2.05) is 26.0 Å². The van der Waals surface area contributed by atoms with Crippen LogP contribution in [0.1, 0.15) is 42.1 Å². The monoisotopic (exact) mass is 310 g/mol. The van der Waals surface area contributed by atoms with E-state index in [2.05, 4.69) is 0 Å². The van der Waals surface area contributed by atoms with Crippen LogP contribution in [0.3, 0.4) is 0 Å². The van der Waals surface area contributed by atoms with Gasteiger partial charge in [0.2, 0.25) is 0 Å². The van der Waals surface area contributed by atoms with Gasteiger partial charge in [-0.3, -0.25) is 14.4 Å². The summed E-state index contributed by atoms with van der Waals surface area (Å²) in [5, 5.41) is 16.6. The highest BCUT2D eigenvalue weighted by atomic mass is 32.2. The summed E-state index contributed by atoms with van der Waals surface area (Å²) >= 11 is 0.749. The lowest BCUT2D eigenvalue weighted by Gasteiger charge is -2.11. The van der Waals surface area contributed by atoms with Crippen molar-refractivity contribution < 1.29 is 24.6 Å². The summed E-state index contributed by atoms with van der Waals surface area (Å²) in [5.74, 6) is -2.55. The maximum atomic E-state index is 12.1. The predicted octanol–water partition coefficient (Wildman–Crippen LogP) is 2.65. The molecule has 0 bridgehead atoms. The number of carbonyl (C=O) groups excluding carboxylic acids is 1. The second kappa shape index (κ2) is 7.83. The molecule has 0 spiro atoms. The van der Waals surface area contributed by atoms with Crippen molar-refractivity contribution in [2.45, 2.75) is 31.4 Å². The number of hydrogen-bond acceptors (Lipinski definition) is 4. The van der Waals surface area contributed by atoms with E-state index in [0.29, 0.717) is 11.5 Å². The first-order valence-corrected chi connectivity index (χ1v) is 7.55. The number of carbonyl (C=O) groups is 3. The highest BCUT2D eigenvalue weighted by molar-refractivity contribution is 8.01. The quantitative estimate of drug-likeness (QED) is 0.717. The number of ketones is 1. The molecule has 114 valence electrons. The number of hydrogen-bond donors (Lipinski definition) is 2. The van der Waals surface area contributed by atoms with E-state index in [-0.39, 0.29) is 18.0 Å². The summed E-state index contributed by atoms with van der Waals surface area (Å²) in [6.45, 7) is 4.08. The Morgan fingerprint density at radius 3 is 2.10 bits per heavy atom. The molecule has 0 heterocycles. The number of Topliss-reactive ketones (excluding diaryl/α,β-unsaturated/α-hetero) is 1. The zero-order valence-electron chi connectivity index (χ0n) is 11.9. The van der Waals surface area contributed by atoms with Gasteiger partial charge in [-0.15, -0.1) is 11.8 Å². The molecule has 0 fully saturated rings. The smallest absolute Gasteiger partial charge is 0.317 e. The average Bonchev–Trinajstić information content (AvgIpc) is 2.42. The second-order valence-electron chi connectivity index (χ2n) is 4.94. The van der Waals surface area contributed by atoms with Crippen LogP contribution in [-0.4, -0.2) is 38.9 Å². The third-order valence-electron chi connectivity index (χ3n) is 2.95. The van der Waals surface area contributed by atoms with Gasteiger partial charge in [-0.2, -0.15) is 0 Å². The van der Waals surface area contributed by atoms with Crippen LogP contribution in [0.25, 0.3) is 0 Å². The van der Waals surface area contributed by atoms with Crippen molar-refractivity contribution in [1.29, 1.82) is 0 Å². The van der Waals surface area contributed by atoms with Gasteiger partial charge in [-0.05, 0) is 11.5 Å². The molecule has 6 heteroatoms. The Morgan fingerprint density at radius 1 is 1.10 bits per heavy atom. The highest BCUT2D eigenvalue weighted by Gasteiger charge is 2.23. The zero-order chi connectivity index (χ0) is 16.0. The molecule has 0 aliphatic heterocycles. The Balaban J connectivity index is 2.72. The molecule has 1 atom stereocenters. The first-order chi connectivity index (χ1) is 9.81. The number of rotatable bonds is 8. The highest BCUT2D eigenvalue weighted by Crippen LogP contribution is 2.20. The number of carboxylic acid groups (broad SMARTS) is 2. The fourth-order valence-corrected chi connectivity index (χ4v) is 2.49. The molecule has 0 radical (unpaired) electrons. The van der Waals surface area contributed by atoms with Gasteiger partial charge in [0.05, 0.1) is 5.75 Å². The van der Waals surface area contributed by atoms with Crippen molar-refractivity contribution >= 4 is 29.5 Å². The van der Waals surface area contributed by atoms with E-state index in [1.54, 1.807) is 12.1 Å². The van der Waals surface area contributed by atoms with Crippen LogP contribution < -0.4 is 0 Å². The maximum Gasteiger partial charge on any atom is 0.317 e. The number of thioether (sulfide) groups is 1. The Labute approximate surface area is 127 Å². The lowest BCUT2D eigenvalue weighted by molar-refractivity contribution is -0.136. The van der Waals surface area contributed by atoms with Crippen molar-refractivity contribution in [1.82, 2.24) is 0 Å². The molecule has 5 nitrogen and oxygen atoms in total. The minimum absolute atomic E-state index is 0.214. The van der Waals surface area contributed by atoms with Gasteiger partial charge < -0.3 is 10.2 Å². The van der Waals surface area contributed by atoms with Crippen LogP contribution in [0, 0.1) is 0 Å². The van der Waals surface area contributed by atoms with Gasteiger partial charge in [-0.1, -0.05) is 38.1 Å². The third kappa shape index (κ3) is 5.59. The Hall–Kier alpha value is -1.82. The van der Waals surface area contributed by atoms with Crippen molar-refractivity contribution in [2.75, 3.05) is 5.75 Å². The van der Waals surface area contributed by atoms with Gasteiger partial charge in [0, 0.05) is 12.0 Å². The third-order valence-corrected chi connectivity index (χ3v) is 4.14. The molecule has 0 saturated heterocycles. The van der Waals surface area contributed by atoms with Crippen LogP contribution >= 0.6 is 11.8 Å². The fourth-order valence-electron chi connectivity index (χ4n) is 1.73. The maximum absolute atomic E-state index is 12.1. The lowest BCUT2D eigenvalue weighted by Crippen LogP contribution is -2.22. The van der Waals surface area contributed by atoms with Crippen molar-refractivity contribution in [3.63, 3.8) is 0 Å². The lowest BCUT2D eigenvalue weighted by atomic mass is 9.99. The zero-order valence-corrected chi connectivity index (χ0v) is 12.7. The van der Waals surface area contributed by atoms with Crippen molar-refractivity contribution in [3.05, 3.63) is 35.4 Å². The SMILES string of the molecule is CC(C)c1ccc(C(=O)C[C@@H](SCC(=O)O)C(=O)O)cc1. The molecule has 21 heavy (non-hydrogen) atoms. The first kappa shape index (κ1) is 17.2. The number of aliphatic carboxylic acids is 2. The molecule has 1 rings (SSSR count). The van der Waals surface area contributed by atoms with Gasteiger partial charge in [-0.25, -0.2) is 0 Å². The molecule has 0 saturated carbocycles. The topological polar surface area (TPSA) is 91.7 Å². The van der Waals surface area contributed by atoms with E-state index >= 15 is 0 Å². The molecule has 0 aliphatic rings. The molecule has 1 aromatic rings. The van der Waals surface area contributed by atoms with Gasteiger partial charge >= 0.3 is 11.9 Å². The van der Waals surface area contributed by atoms with Gasteiger partial charge in [0.25, 0.3) is 0 Å². The van der Waals surface area contributed by atoms with E-state index in [1.165, 1.54) is 0 Å². The molecule has 0 aliphatic carbocycles. The summed E-state index contributed by atoms with van der Waals surface area (Å²) in [7, 11) is 0. The first-order valence-electron chi connectivity index (χ1n) is 6.50. The van der Waals surface area contributed by atoms with Crippen LogP contribution in [-0.2, 0) is 9.59 Å². The minimum Gasteiger partial charge on any atom is -0.481 e. The molecular weight excluding hydrogens is 292 g/mol. The Bertz CT molecular complexity index is 521. The Kier molecular flexibility index (Phi) is 6.42. The molecular formula is C15H18O5S. The van der Waals surface area contributed by atoms with Gasteiger partial charge in [0.15, 0.2) is 5.78 Å². The van der Waals surface area contributed by atoms with E-state index in [9.17, 15) is 14.4 Å². The van der Waals surface area contributed by atoms with Crippen LogP contribution in [0.4, 0.5) is 0 Å². The van der Waals surface area contributed by atoms with Crippen LogP contribution in [0.5, 0.6) is 0 Å². The second-order valence-corrected chi connectivity index (χ2v) is 6.13. The van der Waals surface area contributed by atoms with Crippen molar-refractivity contribution in [2.24, 2.45) is 0 Å². The largest absolute Gasteiger partial charge is 0.481 e. The molecule has 0 amide bonds. The standard InChI is InChI=1S/C15H18O5S/c1-9(2)10-3-5-11(6-4-10)12(16)7-13(15(19)20)21-8-14(17)18/h3-6,9,13H,7-8H2,1-2H3,(H,17,18)(H,19,20)/t13-/m1/s1. The minimum atomic E-state index is -1.17. The summed E-state index contributed by atoms with van der Waals surface area (Å²) in [5.41, 5.74) is 1.54. The number of carboxylic acids is 2. The summed E-state index contributed by atoms with van der Waals surface area (Å²) in [6.07, 6.45) is -0.214. The summed E-state index contributed by atoms with van der Waals surface area (Å²) in [4.78, 5) is 33.6. The normalized spacial score (nSPS) is 12.1. The molecule has 1 aromatic carbocycles. The van der Waals surface area contributed by atoms with Crippen LogP contribution in [0.2, 0.25) is 0 Å². The molecule has 2 N–H and O–H groups in total. The Morgan fingerprint density at radius 2 is 1.67 bits per heavy atom. The predicted molar refractivity (Wildman–Crippen MR) is 81.0 cm³/mol. The van der Waals surface area contributed by atoms with Crippen molar-refractivity contribution in [3.8, 4) is 0 Å². The van der Waals surface area contributed by atoms with E-state index in [0.717, 1.165) is 17.3 Å². The van der Waals surface area contributed by atoms with Crippen LogP contribution in [0.15, 0.2) is 24.3 Å². The number of benzene rings is 1. The van der Waals surface area contributed by atoms with E-state index < -0.39 is 17.2 Å². The summed E-state index contributed by atoms with van der Waals surface area (Å²) < 4.78 is 0. The molecule has 0 aromatic heterocycles. The fraction of sp³-hybridized carbons (Fsp3) is 0.400. The molecule has 0 unspecified atom stereocenters. The average molecular weight is 310 g/mol.